The quantitative estimate of drug-likeness (QED) is 0.820. The molecule has 0 fully saturated rings. The van der Waals surface area contributed by atoms with Crippen molar-refractivity contribution in [3.63, 3.8) is 0 Å². The average Bonchev–Trinajstić information content (AvgIpc) is 2.39. The van der Waals surface area contributed by atoms with E-state index in [1.165, 1.54) is 5.56 Å². The van der Waals surface area contributed by atoms with Crippen LogP contribution in [0, 0.1) is 6.92 Å². The van der Waals surface area contributed by atoms with Gasteiger partial charge in [-0.2, -0.15) is 0 Å². The van der Waals surface area contributed by atoms with Gasteiger partial charge in [0.1, 0.15) is 10.8 Å². The summed E-state index contributed by atoms with van der Waals surface area (Å²) < 4.78 is 1.06. The molecule has 1 atom stereocenters. The van der Waals surface area contributed by atoms with Crippen LogP contribution in [0.25, 0.3) is 0 Å². The Kier molecular flexibility index (Phi) is 4.73. The number of nitrogens with one attached hydrogen (secondary N) is 1. The van der Waals surface area contributed by atoms with E-state index in [-0.39, 0.29) is 6.04 Å². The minimum atomic E-state index is 0.116. The minimum Gasteiger partial charge on any atom is -0.389 e. The van der Waals surface area contributed by atoms with Crippen LogP contribution >= 0.6 is 28.1 Å². The predicted molar refractivity (Wildman–Crippen MR) is 91.0 cm³/mol. The smallest absolute Gasteiger partial charge is 0.136 e. The first-order chi connectivity index (χ1) is 9.49. The molecule has 0 bridgehead atoms. The zero-order valence-corrected chi connectivity index (χ0v) is 13.8. The van der Waals surface area contributed by atoms with Crippen LogP contribution in [-0.4, -0.2) is 9.97 Å². The molecule has 0 aliphatic carbocycles. The SMILES string of the molecule is Cc1ccnc(NC(C)c2ccc(Br)cc2)c1C(N)=S. The molecule has 0 spiro atoms. The Morgan fingerprint density at radius 2 is 1.95 bits per heavy atom. The molecule has 5 heteroatoms. The summed E-state index contributed by atoms with van der Waals surface area (Å²) in [6.07, 6.45) is 1.76. The van der Waals surface area contributed by atoms with Crippen LogP contribution in [0.5, 0.6) is 0 Å². The molecule has 1 aromatic heterocycles. The van der Waals surface area contributed by atoms with Crippen molar-refractivity contribution in [1.82, 2.24) is 4.98 Å². The molecule has 3 nitrogen and oxygen atoms in total. The summed E-state index contributed by atoms with van der Waals surface area (Å²) in [7, 11) is 0. The number of anilines is 1. The monoisotopic (exact) mass is 349 g/mol. The molecule has 2 aromatic rings. The van der Waals surface area contributed by atoms with Crippen LogP contribution in [0.3, 0.4) is 0 Å². The largest absolute Gasteiger partial charge is 0.389 e. The van der Waals surface area contributed by atoms with Crippen molar-refractivity contribution in [2.24, 2.45) is 5.73 Å². The van der Waals surface area contributed by atoms with Crippen LogP contribution in [0.15, 0.2) is 41.0 Å². The van der Waals surface area contributed by atoms with Gasteiger partial charge in [0.15, 0.2) is 0 Å². The van der Waals surface area contributed by atoms with Gasteiger partial charge < -0.3 is 11.1 Å². The van der Waals surface area contributed by atoms with Gasteiger partial charge in [-0.05, 0) is 43.2 Å². The summed E-state index contributed by atoms with van der Waals surface area (Å²) in [6.45, 7) is 4.06. The predicted octanol–water partition coefficient (Wildman–Crippen LogP) is 3.96. The highest BCUT2D eigenvalue weighted by Crippen LogP contribution is 2.23. The number of thiocarbonyl (C=S) groups is 1. The first kappa shape index (κ1) is 14.9. The number of aromatic nitrogens is 1. The van der Waals surface area contributed by atoms with Gasteiger partial charge in [-0.15, -0.1) is 0 Å². The van der Waals surface area contributed by atoms with Crippen LogP contribution in [0.2, 0.25) is 0 Å². The van der Waals surface area contributed by atoms with Crippen LogP contribution in [0.1, 0.15) is 29.7 Å². The Labute approximate surface area is 132 Å². The van der Waals surface area contributed by atoms with Crippen LogP contribution in [0.4, 0.5) is 5.82 Å². The van der Waals surface area contributed by atoms with Gasteiger partial charge >= 0.3 is 0 Å². The second-order valence-corrected chi connectivity index (χ2v) is 5.99. The summed E-state index contributed by atoms with van der Waals surface area (Å²) in [5.41, 5.74) is 8.80. The molecule has 20 heavy (non-hydrogen) atoms. The van der Waals surface area contributed by atoms with E-state index in [0.717, 1.165) is 21.4 Å². The molecule has 1 unspecified atom stereocenters. The van der Waals surface area contributed by atoms with E-state index in [0.29, 0.717) is 4.99 Å². The Hall–Kier alpha value is -1.46. The zero-order chi connectivity index (χ0) is 14.7. The van der Waals surface area contributed by atoms with Gasteiger partial charge in [0, 0.05) is 16.7 Å². The number of hydrogen-bond acceptors (Lipinski definition) is 3. The number of nitrogens with two attached hydrogens (primary N) is 1. The molecule has 0 aliphatic rings. The zero-order valence-electron chi connectivity index (χ0n) is 11.4. The lowest BCUT2D eigenvalue weighted by Crippen LogP contribution is -2.17. The average molecular weight is 350 g/mol. The number of rotatable bonds is 4. The van der Waals surface area contributed by atoms with E-state index in [9.17, 15) is 0 Å². The Morgan fingerprint density at radius 3 is 2.55 bits per heavy atom. The highest BCUT2D eigenvalue weighted by Gasteiger charge is 2.13. The number of pyridine rings is 1. The molecule has 0 aliphatic heterocycles. The minimum absolute atomic E-state index is 0.116. The molecule has 104 valence electrons. The fourth-order valence-corrected chi connectivity index (χ4v) is 2.54. The summed E-state index contributed by atoms with van der Waals surface area (Å²) in [4.78, 5) is 4.72. The van der Waals surface area contributed by atoms with E-state index < -0.39 is 0 Å². The van der Waals surface area contributed by atoms with E-state index in [2.05, 4.69) is 45.3 Å². The fourth-order valence-electron chi connectivity index (χ4n) is 2.02. The third-order valence-corrected chi connectivity index (χ3v) is 3.86. The summed E-state index contributed by atoms with van der Waals surface area (Å²) in [5, 5.41) is 3.37. The molecule has 2 rings (SSSR count). The van der Waals surface area contributed by atoms with Crippen LogP contribution in [-0.2, 0) is 0 Å². The van der Waals surface area contributed by atoms with Gasteiger partial charge in [0.05, 0.1) is 5.56 Å². The van der Waals surface area contributed by atoms with Gasteiger partial charge in [-0.3, -0.25) is 0 Å². The number of nitrogens with zero attached hydrogens (tertiary/aromatic N) is 1. The van der Waals surface area contributed by atoms with Crippen molar-refractivity contribution in [3.8, 4) is 0 Å². The maximum Gasteiger partial charge on any atom is 0.136 e. The summed E-state index contributed by atoms with van der Waals surface area (Å²) in [6, 6.07) is 10.2. The summed E-state index contributed by atoms with van der Waals surface area (Å²) >= 11 is 8.55. The molecule has 1 heterocycles. The van der Waals surface area contributed by atoms with Crippen molar-refractivity contribution in [2.75, 3.05) is 5.32 Å². The maximum absolute atomic E-state index is 5.79. The lowest BCUT2D eigenvalue weighted by atomic mass is 10.1. The van der Waals surface area contributed by atoms with E-state index in [1.54, 1.807) is 6.20 Å². The second kappa shape index (κ2) is 6.33. The number of halogens is 1. The topological polar surface area (TPSA) is 50.9 Å². The van der Waals surface area contributed by atoms with Crippen molar-refractivity contribution >= 4 is 39.0 Å². The molecule has 0 amide bonds. The molecule has 0 radical (unpaired) electrons. The molecular formula is C15H16BrN3S. The molecule has 0 saturated heterocycles. The van der Waals surface area contributed by atoms with Crippen molar-refractivity contribution < 1.29 is 0 Å². The standard InChI is InChI=1S/C15H16BrN3S/c1-9-7-8-18-15(13(9)14(17)20)19-10(2)11-3-5-12(16)6-4-11/h3-8,10H,1-2H3,(H2,17,20)(H,18,19). The maximum atomic E-state index is 5.79. The van der Waals surface area contributed by atoms with Gasteiger partial charge in [-0.1, -0.05) is 40.3 Å². The van der Waals surface area contributed by atoms with E-state index in [1.807, 2.05) is 25.1 Å². The van der Waals surface area contributed by atoms with Gasteiger partial charge in [-0.25, -0.2) is 4.98 Å². The fraction of sp³-hybridized carbons (Fsp3) is 0.200. The normalized spacial score (nSPS) is 11.9. The third-order valence-electron chi connectivity index (χ3n) is 3.13. The van der Waals surface area contributed by atoms with Gasteiger partial charge in [0.2, 0.25) is 0 Å². The Bertz CT molecular complexity index is 626. The third kappa shape index (κ3) is 3.35. The Balaban J connectivity index is 2.28. The molecule has 3 N–H and O–H groups in total. The molecule has 0 saturated carbocycles. The second-order valence-electron chi connectivity index (χ2n) is 4.63. The molecular weight excluding hydrogens is 334 g/mol. The highest BCUT2D eigenvalue weighted by atomic mass is 79.9. The van der Waals surface area contributed by atoms with E-state index in [4.69, 9.17) is 18.0 Å². The van der Waals surface area contributed by atoms with Crippen LogP contribution < -0.4 is 11.1 Å². The lowest BCUT2D eigenvalue weighted by Gasteiger charge is -2.18. The van der Waals surface area contributed by atoms with Crippen molar-refractivity contribution in [2.45, 2.75) is 19.9 Å². The van der Waals surface area contributed by atoms with Gasteiger partial charge in [0.25, 0.3) is 0 Å². The first-order valence-electron chi connectivity index (χ1n) is 6.26. The summed E-state index contributed by atoms with van der Waals surface area (Å²) in [5.74, 6) is 0.730. The Morgan fingerprint density at radius 1 is 1.30 bits per heavy atom. The number of benzene rings is 1. The number of hydrogen-bond donors (Lipinski definition) is 2. The van der Waals surface area contributed by atoms with E-state index >= 15 is 0 Å². The van der Waals surface area contributed by atoms with Crippen molar-refractivity contribution in [1.29, 1.82) is 0 Å². The highest BCUT2D eigenvalue weighted by molar-refractivity contribution is 9.10. The first-order valence-corrected chi connectivity index (χ1v) is 7.46. The number of aryl methyl sites for hydroxylation is 1. The lowest BCUT2D eigenvalue weighted by molar-refractivity contribution is 0.873. The van der Waals surface area contributed by atoms with Crippen molar-refractivity contribution in [3.05, 3.63) is 57.7 Å². The molecule has 1 aromatic carbocycles.